The van der Waals surface area contributed by atoms with Crippen LogP contribution in [-0.2, 0) is 0 Å². The number of hydrogen-bond donors (Lipinski definition) is 2. The van der Waals surface area contributed by atoms with E-state index < -0.39 is 0 Å². The van der Waals surface area contributed by atoms with Gasteiger partial charge in [-0.3, -0.25) is 0 Å². The lowest BCUT2D eigenvalue weighted by Gasteiger charge is -2.29. The van der Waals surface area contributed by atoms with Gasteiger partial charge < -0.3 is 11.1 Å². The van der Waals surface area contributed by atoms with Gasteiger partial charge >= 0.3 is 0 Å². The van der Waals surface area contributed by atoms with Crippen molar-refractivity contribution in [1.29, 1.82) is 0 Å². The lowest BCUT2D eigenvalue weighted by molar-refractivity contribution is 0.320. The van der Waals surface area contributed by atoms with Crippen LogP contribution in [0.15, 0.2) is 0 Å². The number of nitrogens with one attached hydrogen (secondary N) is 1. The second kappa shape index (κ2) is 3.94. The predicted octanol–water partition coefficient (Wildman–Crippen LogP) is 0.969. The Morgan fingerprint density at radius 1 is 1.50 bits per heavy atom. The van der Waals surface area contributed by atoms with Crippen molar-refractivity contribution >= 4 is 0 Å². The maximum atomic E-state index is 5.60. The average molecular weight is 144 g/mol. The van der Waals surface area contributed by atoms with Crippen molar-refractivity contribution < 1.29 is 0 Å². The molecule has 0 aliphatic carbocycles. The molecule has 62 valence electrons. The van der Waals surface area contributed by atoms with Crippen molar-refractivity contribution in [2.75, 3.05) is 13.6 Å². The summed E-state index contributed by atoms with van der Waals surface area (Å²) in [6.07, 6.45) is 1.14. The van der Waals surface area contributed by atoms with Crippen LogP contribution in [0, 0.1) is 5.92 Å². The van der Waals surface area contributed by atoms with Gasteiger partial charge in [-0.15, -0.1) is 0 Å². The predicted molar refractivity (Wildman–Crippen MR) is 46.0 cm³/mol. The monoisotopic (exact) mass is 144 g/mol. The largest absolute Gasteiger partial charge is 0.329 e. The zero-order valence-corrected chi connectivity index (χ0v) is 7.57. The first kappa shape index (κ1) is 9.92. The summed E-state index contributed by atoms with van der Waals surface area (Å²) in [6.45, 7) is 7.30. The van der Waals surface area contributed by atoms with Gasteiger partial charge in [0.05, 0.1) is 0 Å². The average Bonchev–Trinajstić information content (AvgIpc) is 1.87. The molecule has 0 aliphatic rings. The van der Waals surface area contributed by atoms with Gasteiger partial charge in [0, 0.05) is 12.1 Å². The molecule has 3 N–H and O–H groups in total. The van der Waals surface area contributed by atoms with Crippen LogP contribution >= 0.6 is 0 Å². The summed E-state index contributed by atoms with van der Waals surface area (Å²) in [5.74, 6) is 0.709. The van der Waals surface area contributed by atoms with Crippen LogP contribution in [0.3, 0.4) is 0 Å². The fourth-order valence-electron chi connectivity index (χ4n) is 1.19. The maximum absolute atomic E-state index is 5.60. The molecule has 0 amide bonds. The molecule has 0 radical (unpaired) electrons. The van der Waals surface area contributed by atoms with Gasteiger partial charge in [-0.05, 0) is 26.3 Å². The van der Waals surface area contributed by atoms with Crippen molar-refractivity contribution in [2.45, 2.75) is 32.7 Å². The van der Waals surface area contributed by atoms with E-state index in [0.717, 1.165) is 6.42 Å². The van der Waals surface area contributed by atoms with Gasteiger partial charge in [-0.25, -0.2) is 0 Å². The molecule has 0 aliphatic heterocycles. The summed E-state index contributed by atoms with van der Waals surface area (Å²) in [5.41, 5.74) is 5.74. The Balaban J connectivity index is 3.80. The highest BCUT2D eigenvalue weighted by Gasteiger charge is 2.20. The number of nitrogens with two attached hydrogens (primary N) is 1. The maximum Gasteiger partial charge on any atom is 0.0275 e. The number of hydrogen-bond acceptors (Lipinski definition) is 2. The molecule has 2 nitrogen and oxygen atoms in total. The van der Waals surface area contributed by atoms with Crippen molar-refractivity contribution in [1.82, 2.24) is 5.32 Å². The van der Waals surface area contributed by atoms with Gasteiger partial charge in [0.1, 0.15) is 0 Å². The van der Waals surface area contributed by atoms with Crippen LogP contribution < -0.4 is 11.1 Å². The molecule has 0 saturated heterocycles. The Morgan fingerprint density at radius 3 is 2.10 bits per heavy atom. The molecule has 1 unspecified atom stereocenters. The Hall–Kier alpha value is -0.0800. The summed E-state index contributed by atoms with van der Waals surface area (Å²) in [7, 11) is 1.97. The third-order valence-corrected chi connectivity index (χ3v) is 1.91. The minimum absolute atomic E-state index is 0.133. The smallest absolute Gasteiger partial charge is 0.0275 e. The normalized spacial score (nSPS) is 17.4. The van der Waals surface area contributed by atoms with E-state index in [2.05, 4.69) is 26.1 Å². The van der Waals surface area contributed by atoms with Gasteiger partial charge in [0.2, 0.25) is 0 Å². The molecule has 0 fully saturated rings. The molecule has 10 heavy (non-hydrogen) atoms. The van der Waals surface area contributed by atoms with Crippen LogP contribution in [0.1, 0.15) is 27.2 Å². The van der Waals surface area contributed by atoms with Crippen molar-refractivity contribution in [3.63, 3.8) is 0 Å². The minimum atomic E-state index is 0.133. The van der Waals surface area contributed by atoms with Crippen LogP contribution in [0.2, 0.25) is 0 Å². The summed E-state index contributed by atoms with van der Waals surface area (Å²) >= 11 is 0. The highest BCUT2D eigenvalue weighted by molar-refractivity contribution is 4.83. The molecule has 0 aromatic rings. The van der Waals surface area contributed by atoms with Crippen LogP contribution in [0.4, 0.5) is 0 Å². The highest BCUT2D eigenvalue weighted by atomic mass is 15.0. The first-order chi connectivity index (χ1) is 4.54. The lowest BCUT2D eigenvalue weighted by atomic mass is 9.91. The molecule has 1 atom stereocenters. The molecule has 0 spiro atoms. The van der Waals surface area contributed by atoms with Crippen LogP contribution in [-0.4, -0.2) is 19.1 Å². The van der Waals surface area contributed by atoms with E-state index in [0.29, 0.717) is 12.5 Å². The minimum Gasteiger partial charge on any atom is -0.329 e. The Morgan fingerprint density at radius 2 is 2.00 bits per heavy atom. The topological polar surface area (TPSA) is 38.0 Å². The fraction of sp³-hybridized carbons (Fsp3) is 1.00. The lowest BCUT2D eigenvalue weighted by Crippen LogP contribution is -2.47. The Kier molecular flexibility index (Phi) is 3.91. The summed E-state index contributed by atoms with van der Waals surface area (Å²) in [6, 6.07) is 0. The van der Waals surface area contributed by atoms with E-state index in [1.165, 1.54) is 0 Å². The second-order valence-corrected chi connectivity index (χ2v) is 3.61. The third kappa shape index (κ3) is 3.18. The highest BCUT2D eigenvalue weighted by Crippen LogP contribution is 2.13. The quantitative estimate of drug-likeness (QED) is 0.617. The first-order valence-corrected chi connectivity index (χ1v) is 3.93. The molecule has 0 saturated carbocycles. The van der Waals surface area contributed by atoms with Crippen LogP contribution in [0.25, 0.3) is 0 Å². The summed E-state index contributed by atoms with van der Waals surface area (Å²) in [4.78, 5) is 0. The third-order valence-electron chi connectivity index (χ3n) is 1.91. The van der Waals surface area contributed by atoms with E-state index in [-0.39, 0.29) is 5.54 Å². The molecular weight excluding hydrogens is 124 g/mol. The van der Waals surface area contributed by atoms with Gasteiger partial charge in [-0.1, -0.05) is 13.8 Å². The number of rotatable bonds is 4. The first-order valence-electron chi connectivity index (χ1n) is 3.93. The van der Waals surface area contributed by atoms with Gasteiger partial charge in [0.25, 0.3) is 0 Å². The standard InChI is InChI=1S/C8H20N2/c1-7(2)5-8(3,6-9)10-4/h7,10H,5-6,9H2,1-4H3. The molecule has 0 rings (SSSR count). The SMILES string of the molecule is CNC(C)(CN)CC(C)C. The summed E-state index contributed by atoms with van der Waals surface area (Å²) < 4.78 is 0. The van der Waals surface area contributed by atoms with Crippen LogP contribution in [0.5, 0.6) is 0 Å². The molecule has 2 heteroatoms. The Labute approximate surface area is 64.2 Å². The molecular formula is C8H20N2. The number of likely N-dealkylation sites (N-methyl/N-ethyl adjacent to an activating group) is 1. The zero-order valence-electron chi connectivity index (χ0n) is 7.57. The van der Waals surface area contributed by atoms with Crippen molar-refractivity contribution in [3.05, 3.63) is 0 Å². The fourth-order valence-corrected chi connectivity index (χ4v) is 1.19. The van der Waals surface area contributed by atoms with E-state index in [1.54, 1.807) is 0 Å². The summed E-state index contributed by atoms with van der Waals surface area (Å²) in [5, 5.41) is 3.23. The second-order valence-electron chi connectivity index (χ2n) is 3.61. The molecule has 0 bridgehead atoms. The van der Waals surface area contributed by atoms with E-state index in [4.69, 9.17) is 5.73 Å². The zero-order chi connectivity index (χ0) is 8.20. The van der Waals surface area contributed by atoms with E-state index in [9.17, 15) is 0 Å². The van der Waals surface area contributed by atoms with E-state index >= 15 is 0 Å². The van der Waals surface area contributed by atoms with Crippen molar-refractivity contribution in [2.24, 2.45) is 11.7 Å². The van der Waals surface area contributed by atoms with Gasteiger partial charge in [-0.2, -0.15) is 0 Å². The van der Waals surface area contributed by atoms with Crippen molar-refractivity contribution in [3.8, 4) is 0 Å². The Bertz CT molecular complexity index is 85.3. The molecule has 0 aromatic heterocycles. The van der Waals surface area contributed by atoms with E-state index in [1.807, 2.05) is 7.05 Å². The van der Waals surface area contributed by atoms with Gasteiger partial charge in [0.15, 0.2) is 0 Å². The molecule has 0 aromatic carbocycles. The molecule has 0 heterocycles.